The monoisotopic (exact) mass is 833 g/mol. The molecule has 7 fully saturated rings. The summed E-state index contributed by atoms with van der Waals surface area (Å²) in [4.78, 5) is 70.7. The van der Waals surface area contributed by atoms with Crippen molar-refractivity contribution in [1.29, 1.82) is 0 Å². The third-order valence-electron chi connectivity index (χ3n) is 14.4. The highest BCUT2D eigenvalue weighted by atomic mass is 16.6. The Morgan fingerprint density at radius 1 is 0.492 bits per heavy atom. The summed E-state index contributed by atoms with van der Waals surface area (Å²) in [7, 11) is 0. The lowest BCUT2D eigenvalue weighted by Crippen LogP contribution is -2.53. The molecule has 7 saturated carbocycles. The molecule has 7 aliphatic rings. The van der Waals surface area contributed by atoms with Crippen molar-refractivity contribution in [1.82, 2.24) is 0 Å². The quantitative estimate of drug-likeness (QED) is 0.114. The average Bonchev–Trinajstić information content (AvgIpc) is 3.82. The first-order valence-electron chi connectivity index (χ1n) is 22.8. The van der Waals surface area contributed by atoms with Gasteiger partial charge in [0.2, 0.25) is 0 Å². The lowest BCUT2D eigenvalue weighted by atomic mass is 9.54. The van der Waals surface area contributed by atoms with E-state index in [9.17, 15) is 28.8 Å². The number of fused-ring (bicyclic) bond motifs is 2. The van der Waals surface area contributed by atoms with E-state index in [-0.39, 0.29) is 61.5 Å². The van der Waals surface area contributed by atoms with E-state index in [1.54, 1.807) is 0 Å². The van der Waals surface area contributed by atoms with E-state index in [0.717, 1.165) is 75.0 Å². The molecular weight excluding hydrogens is 757 g/mol. The van der Waals surface area contributed by atoms with Crippen LogP contribution in [-0.4, -0.2) is 73.4 Å². The summed E-state index contributed by atoms with van der Waals surface area (Å²) in [6.07, 6.45) is 19.1. The second kappa shape index (κ2) is 21.1. The highest BCUT2D eigenvalue weighted by Gasteiger charge is 2.53. The predicted octanol–water partition coefficient (Wildman–Crippen LogP) is 9.02. The van der Waals surface area contributed by atoms with Gasteiger partial charge in [-0.1, -0.05) is 27.2 Å². The molecule has 0 spiro atoms. The van der Waals surface area contributed by atoms with Crippen LogP contribution in [0, 0.1) is 45.8 Å². The van der Waals surface area contributed by atoms with Crippen LogP contribution in [-0.2, 0) is 57.2 Å². The zero-order valence-corrected chi connectivity index (χ0v) is 37.8. The van der Waals surface area contributed by atoms with Gasteiger partial charge in [-0.2, -0.15) is 0 Å². The van der Waals surface area contributed by atoms with E-state index in [4.69, 9.17) is 28.4 Å². The molecule has 12 nitrogen and oxygen atoms in total. The fourth-order valence-corrected chi connectivity index (χ4v) is 9.76. The molecule has 0 aromatic rings. The number of hydrogen-bond acceptors (Lipinski definition) is 12. The Balaban J connectivity index is 0.000000197. The van der Waals surface area contributed by atoms with Gasteiger partial charge in [0.25, 0.3) is 0 Å². The molecule has 59 heavy (non-hydrogen) atoms. The van der Waals surface area contributed by atoms with E-state index in [2.05, 4.69) is 0 Å². The first-order chi connectivity index (χ1) is 27.7. The molecule has 0 saturated heterocycles. The zero-order valence-electron chi connectivity index (χ0n) is 37.8. The maximum atomic E-state index is 12.1. The molecule has 12 heteroatoms. The van der Waals surface area contributed by atoms with E-state index in [1.165, 1.54) is 44.9 Å². The number of esters is 6. The van der Waals surface area contributed by atoms with Gasteiger partial charge in [-0.3, -0.25) is 14.4 Å². The smallest absolute Gasteiger partial charge is 0.344 e. The van der Waals surface area contributed by atoms with Gasteiger partial charge in [-0.05, 0) is 180 Å². The van der Waals surface area contributed by atoms with E-state index in [0.29, 0.717) is 25.2 Å². The summed E-state index contributed by atoms with van der Waals surface area (Å²) in [6.45, 7) is 15.9. The van der Waals surface area contributed by atoms with Gasteiger partial charge < -0.3 is 28.4 Å². The number of rotatable bonds is 15. The fraction of sp³-hybridized carbons (Fsp3) is 0.872. The number of carbonyl (C=O) groups excluding carboxylic acids is 6. The summed E-state index contributed by atoms with van der Waals surface area (Å²) in [5, 5.41) is 0. The maximum absolute atomic E-state index is 12.1. The predicted molar refractivity (Wildman–Crippen MR) is 220 cm³/mol. The van der Waals surface area contributed by atoms with Gasteiger partial charge in [0.05, 0.1) is 16.2 Å². The van der Waals surface area contributed by atoms with E-state index >= 15 is 0 Å². The number of ether oxygens (including phenoxy) is 6. The first kappa shape index (κ1) is 48.5. The van der Waals surface area contributed by atoms with Crippen LogP contribution in [0.15, 0.2) is 0 Å². The van der Waals surface area contributed by atoms with Crippen molar-refractivity contribution in [2.45, 2.75) is 196 Å². The van der Waals surface area contributed by atoms with Gasteiger partial charge in [0.1, 0.15) is 17.8 Å². The minimum atomic E-state index is -0.541. The summed E-state index contributed by atoms with van der Waals surface area (Å²) in [5.41, 5.74) is -1.86. The van der Waals surface area contributed by atoms with Crippen molar-refractivity contribution >= 4 is 35.8 Å². The summed E-state index contributed by atoms with van der Waals surface area (Å²) >= 11 is 0. The van der Waals surface area contributed by atoms with Crippen LogP contribution in [0.25, 0.3) is 0 Å². The van der Waals surface area contributed by atoms with Crippen LogP contribution in [0.4, 0.5) is 0 Å². The van der Waals surface area contributed by atoms with Crippen molar-refractivity contribution in [3.8, 4) is 0 Å². The summed E-state index contributed by atoms with van der Waals surface area (Å²) in [6, 6.07) is 0. The summed E-state index contributed by atoms with van der Waals surface area (Å²) in [5.74, 6) is 1.29. The molecule has 0 aromatic carbocycles. The molecule has 336 valence electrons. The third-order valence-corrected chi connectivity index (χ3v) is 14.4. The molecule has 0 radical (unpaired) electrons. The molecule has 0 aromatic heterocycles. The Labute approximate surface area is 353 Å². The topological polar surface area (TPSA) is 158 Å². The van der Waals surface area contributed by atoms with Crippen LogP contribution < -0.4 is 0 Å². The van der Waals surface area contributed by atoms with Gasteiger partial charge in [-0.25, -0.2) is 14.4 Å². The molecule has 7 rings (SSSR count). The van der Waals surface area contributed by atoms with E-state index < -0.39 is 28.2 Å². The SMILES string of the molecule is CCC(C)(C)C(=O)OCC(=O)OC12CC3CC(CC(C3)C1)C2.CCC(C)(C)C(=O)OCC(=O)OC1CC2CCC1C2.CCC(C)(C)C(=O)OCC(=O)OC1CCCCC1. The Morgan fingerprint density at radius 3 is 1.31 bits per heavy atom. The van der Waals surface area contributed by atoms with Gasteiger partial charge in [0.15, 0.2) is 19.8 Å². The van der Waals surface area contributed by atoms with Crippen molar-refractivity contribution in [2.75, 3.05) is 19.8 Å². The van der Waals surface area contributed by atoms with Crippen molar-refractivity contribution in [2.24, 2.45) is 45.8 Å². The first-order valence-corrected chi connectivity index (χ1v) is 22.8. The molecule has 0 aliphatic heterocycles. The molecular formula is C47H76O12. The fourth-order valence-electron chi connectivity index (χ4n) is 9.76. The number of carbonyl (C=O) groups is 6. The van der Waals surface area contributed by atoms with Crippen LogP contribution >= 0.6 is 0 Å². The average molecular weight is 833 g/mol. The Bertz CT molecular complexity index is 1420. The normalized spacial score (nSPS) is 28.2. The molecule has 6 bridgehead atoms. The maximum Gasteiger partial charge on any atom is 0.344 e. The largest absolute Gasteiger partial charge is 0.460 e. The van der Waals surface area contributed by atoms with Gasteiger partial charge >= 0.3 is 35.8 Å². The Morgan fingerprint density at radius 2 is 0.915 bits per heavy atom. The molecule has 0 heterocycles. The highest BCUT2D eigenvalue weighted by molar-refractivity contribution is 5.81. The molecule has 0 amide bonds. The van der Waals surface area contributed by atoms with Crippen LogP contribution in [0.5, 0.6) is 0 Å². The minimum absolute atomic E-state index is 0.0177. The lowest BCUT2D eigenvalue weighted by Gasteiger charge is -2.55. The van der Waals surface area contributed by atoms with Crippen LogP contribution in [0.3, 0.4) is 0 Å². The van der Waals surface area contributed by atoms with Gasteiger partial charge in [0, 0.05) is 0 Å². The molecule has 3 unspecified atom stereocenters. The standard InChI is InChI=1S/C18H28O4.C15H24O4.C14H24O4/c1-4-17(2,3)16(20)21-11-15(19)22-18-8-12-5-13(9-18)7-14(6-12)10-18;1-4-15(2,3)14(17)18-9-13(16)19-12-8-10-5-6-11(12)7-10;1-4-14(2,3)13(16)17-10-12(15)18-11-8-6-5-7-9-11/h12-14H,4-11H2,1-3H3;10-12H,4-9H2,1-3H3;11H,4-10H2,1-3H3. The molecule has 0 N–H and O–H groups in total. The van der Waals surface area contributed by atoms with Gasteiger partial charge in [-0.15, -0.1) is 0 Å². The van der Waals surface area contributed by atoms with E-state index in [1.807, 2.05) is 62.3 Å². The third kappa shape index (κ3) is 14.2. The second-order valence-electron chi connectivity index (χ2n) is 20.5. The highest BCUT2D eigenvalue weighted by Crippen LogP contribution is 2.57. The Hall–Kier alpha value is -3.18. The van der Waals surface area contributed by atoms with Crippen molar-refractivity contribution < 1.29 is 57.2 Å². The molecule has 7 aliphatic carbocycles. The lowest BCUT2D eigenvalue weighted by molar-refractivity contribution is -0.193. The van der Waals surface area contributed by atoms with Crippen LogP contribution in [0.2, 0.25) is 0 Å². The Kier molecular flexibility index (Phi) is 17.3. The van der Waals surface area contributed by atoms with Crippen molar-refractivity contribution in [3.05, 3.63) is 0 Å². The van der Waals surface area contributed by atoms with Crippen LogP contribution in [0.1, 0.15) is 178 Å². The molecule has 3 atom stereocenters. The summed E-state index contributed by atoms with van der Waals surface area (Å²) < 4.78 is 31.7. The number of hydrogen-bond donors (Lipinski definition) is 0. The van der Waals surface area contributed by atoms with Crippen molar-refractivity contribution in [3.63, 3.8) is 0 Å². The zero-order chi connectivity index (χ0) is 43.6. The minimum Gasteiger partial charge on any atom is -0.460 e. The second-order valence-corrected chi connectivity index (χ2v) is 20.5.